The summed E-state index contributed by atoms with van der Waals surface area (Å²) in [6, 6.07) is 13.8. The SMILES string of the molecule is COc1ccc(Nc2nc(-c3cccs3)c3cc[nH]c3n2)cc1. The molecule has 23 heavy (non-hydrogen) atoms. The molecule has 0 aliphatic heterocycles. The zero-order valence-electron chi connectivity index (χ0n) is 12.4. The third-order valence-electron chi connectivity index (χ3n) is 3.52. The van der Waals surface area contributed by atoms with Crippen molar-refractivity contribution in [3.05, 3.63) is 54.0 Å². The second kappa shape index (κ2) is 5.73. The van der Waals surface area contributed by atoms with Crippen LogP contribution in [0.3, 0.4) is 0 Å². The Kier molecular flexibility index (Phi) is 3.44. The van der Waals surface area contributed by atoms with Gasteiger partial charge in [0.15, 0.2) is 0 Å². The first kappa shape index (κ1) is 13.8. The van der Waals surface area contributed by atoms with E-state index < -0.39 is 0 Å². The third-order valence-corrected chi connectivity index (χ3v) is 4.39. The topological polar surface area (TPSA) is 62.8 Å². The van der Waals surface area contributed by atoms with Crippen LogP contribution in [-0.2, 0) is 0 Å². The summed E-state index contributed by atoms with van der Waals surface area (Å²) in [6.07, 6.45) is 1.88. The maximum atomic E-state index is 5.17. The summed E-state index contributed by atoms with van der Waals surface area (Å²) in [7, 11) is 1.65. The number of anilines is 2. The Bertz CT molecular complexity index is 929. The van der Waals surface area contributed by atoms with Gasteiger partial charge in [-0.2, -0.15) is 4.98 Å². The maximum absolute atomic E-state index is 5.17. The number of aromatic nitrogens is 3. The van der Waals surface area contributed by atoms with E-state index in [0.717, 1.165) is 33.0 Å². The van der Waals surface area contributed by atoms with E-state index in [0.29, 0.717) is 5.95 Å². The van der Waals surface area contributed by atoms with E-state index in [1.165, 1.54) is 0 Å². The zero-order chi connectivity index (χ0) is 15.6. The molecule has 0 saturated heterocycles. The average molecular weight is 322 g/mol. The summed E-state index contributed by atoms with van der Waals surface area (Å²) in [4.78, 5) is 13.5. The molecule has 0 amide bonds. The molecular formula is C17H14N4OS. The predicted octanol–water partition coefficient (Wildman–Crippen LogP) is 4.44. The summed E-state index contributed by atoms with van der Waals surface area (Å²) in [5, 5.41) is 6.32. The quantitative estimate of drug-likeness (QED) is 0.583. The number of nitrogens with zero attached hydrogens (tertiary/aromatic N) is 2. The van der Waals surface area contributed by atoms with Gasteiger partial charge < -0.3 is 15.0 Å². The number of thiophene rings is 1. The van der Waals surface area contributed by atoms with Crippen molar-refractivity contribution >= 4 is 34.0 Å². The third kappa shape index (κ3) is 2.64. The molecule has 4 rings (SSSR count). The molecule has 0 radical (unpaired) electrons. The second-order valence-electron chi connectivity index (χ2n) is 4.97. The molecule has 4 aromatic rings. The lowest BCUT2D eigenvalue weighted by molar-refractivity contribution is 0.415. The van der Waals surface area contributed by atoms with E-state index in [4.69, 9.17) is 9.72 Å². The van der Waals surface area contributed by atoms with E-state index in [9.17, 15) is 0 Å². The van der Waals surface area contributed by atoms with Gasteiger partial charge in [-0.3, -0.25) is 0 Å². The van der Waals surface area contributed by atoms with Crippen LogP contribution in [0, 0.1) is 0 Å². The van der Waals surface area contributed by atoms with Crippen LogP contribution in [-0.4, -0.2) is 22.1 Å². The van der Waals surface area contributed by atoms with Crippen LogP contribution in [0.2, 0.25) is 0 Å². The Balaban J connectivity index is 1.75. The molecule has 3 heterocycles. The zero-order valence-corrected chi connectivity index (χ0v) is 13.2. The molecule has 1 aromatic carbocycles. The fourth-order valence-corrected chi connectivity index (χ4v) is 3.13. The highest BCUT2D eigenvalue weighted by molar-refractivity contribution is 7.13. The summed E-state index contributed by atoms with van der Waals surface area (Å²) < 4.78 is 5.17. The van der Waals surface area contributed by atoms with Crippen LogP contribution in [0.5, 0.6) is 5.75 Å². The smallest absolute Gasteiger partial charge is 0.229 e. The summed E-state index contributed by atoms with van der Waals surface area (Å²) >= 11 is 1.67. The molecule has 114 valence electrons. The normalized spacial score (nSPS) is 10.8. The lowest BCUT2D eigenvalue weighted by atomic mass is 10.2. The minimum Gasteiger partial charge on any atom is -0.497 e. The number of hydrogen-bond acceptors (Lipinski definition) is 5. The number of benzene rings is 1. The molecule has 5 nitrogen and oxygen atoms in total. The van der Waals surface area contributed by atoms with Crippen molar-refractivity contribution in [3.63, 3.8) is 0 Å². The number of aromatic amines is 1. The molecule has 0 saturated carbocycles. The predicted molar refractivity (Wildman–Crippen MR) is 93.5 cm³/mol. The van der Waals surface area contributed by atoms with Gasteiger partial charge in [-0.15, -0.1) is 11.3 Å². The highest BCUT2D eigenvalue weighted by Crippen LogP contribution is 2.30. The number of rotatable bonds is 4. The first-order chi connectivity index (χ1) is 11.3. The molecule has 6 heteroatoms. The second-order valence-corrected chi connectivity index (χ2v) is 5.91. The van der Waals surface area contributed by atoms with Crippen LogP contribution < -0.4 is 10.1 Å². The Hall–Kier alpha value is -2.86. The molecule has 0 spiro atoms. The number of ether oxygens (including phenoxy) is 1. The summed E-state index contributed by atoms with van der Waals surface area (Å²) in [6.45, 7) is 0. The van der Waals surface area contributed by atoms with E-state index in [-0.39, 0.29) is 0 Å². The van der Waals surface area contributed by atoms with E-state index in [2.05, 4.69) is 21.4 Å². The molecule has 0 aliphatic carbocycles. The number of H-pyrrole nitrogens is 1. The molecule has 0 unspecified atom stereocenters. The summed E-state index contributed by atoms with van der Waals surface area (Å²) in [5.41, 5.74) is 2.66. The molecule has 0 atom stereocenters. The van der Waals surface area contributed by atoms with E-state index in [1.807, 2.05) is 48.0 Å². The van der Waals surface area contributed by atoms with Gasteiger partial charge in [0.05, 0.1) is 17.7 Å². The van der Waals surface area contributed by atoms with Crippen LogP contribution >= 0.6 is 11.3 Å². The first-order valence-corrected chi connectivity index (χ1v) is 8.01. The molecule has 0 fully saturated rings. The van der Waals surface area contributed by atoms with Gasteiger partial charge >= 0.3 is 0 Å². The Morgan fingerprint density at radius 1 is 1.09 bits per heavy atom. The fraction of sp³-hybridized carbons (Fsp3) is 0.0588. The minimum atomic E-state index is 0.563. The van der Waals surface area contributed by atoms with Crippen LogP contribution in [0.4, 0.5) is 11.6 Å². The molecule has 3 aromatic heterocycles. The van der Waals surface area contributed by atoms with E-state index >= 15 is 0 Å². The van der Waals surface area contributed by atoms with Gasteiger partial charge in [-0.25, -0.2) is 4.98 Å². The Labute approximate surface area is 137 Å². The maximum Gasteiger partial charge on any atom is 0.229 e. The van der Waals surface area contributed by atoms with Gasteiger partial charge in [0.1, 0.15) is 11.4 Å². The average Bonchev–Trinajstić information content (AvgIpc) is 3.26. The van der Waals surface area contributed by atoms with Gasteiger partial charge in [0.25, 0.3) is 0 Å². The highest BCUT2D eigenvalue weighted by atomic mass is 32.1. The van der Waals surface area contributed by atoms with Crippen LogP contribution in [0.15, 0.2) is 54.0 Å². The molecule has 0 aliphatic rings. The van der Waals surface area contributed by atoms with Gasteiger partial charge in [-0.1, -0.05) is 6.07 Å². The van der Waals surface area contributed by atoms with Crippen LogP contribution in [0.1, 0.15) is 0 Å². The van der Waals surface area contributed by atoms with Crippen molar-refractivity contribution in [1.29, 1.82) is 0 Å². The van der Waals surface area contributed by atoms with Gasteiger partial charge in [0, 0.05) is 17.3 Å². The van der Waals surface area contributed by atoms with Crippen molar-refractivity contribution < 1.29 is 4.74 Å². The summed E-state index contributed by atoms with van der Waals surface area (Å²) in [5.74, 6) is 1.38. The van der Waals surface area contributed by atoms with Crippen molar-refractivity contribution in [2.75, 3.05) is 12.4 Å². The van der Waals surface area contributed by atoms with Crippen molar-refractivity contribution in [2.45, 2.75) is 0 Å². The molecule has 0 bridgehead atoms. The number of fused-ring (bicyclic) bond motifs is 1. The minimum absolute atomic E-state index is 0.563. The lowest BCUT2D eigenvalue weighted by Gasteiger charge is -2.08. The highest BCUT2D eigenvalue weighted by Gasteiger charge is 2.11. The number of methoxy groups -OCH3 is 1. The molecular weight excluding hydrogens is 308 g/mol. The van der Waals surface area contributed by atoms with Crippen LogP contribution in [0.25, 0.3) is 21.6 Å². The largest absolute Gasteiger partial charge is 0.497 e. The monoisotopic (exact) mass is 322 g/mol. The number of hydrogen-bond donors (Lipinski definition) is 2. The standard InChI is InChI=1S/C17H14N4OS/c1-22-12-6-4-11(5-7-12)19-17-20-15(14-3-2-10-23-14)13-8-9-18-16(13)21-17/h2-10H,1H3,(H2,18,19,20,21). The number of nitrogens with one attached hydrogen (secondary N) is 2. The lowest BCUT2D eigenvalue weighted by Crippen LogP contribution is -1.99. The van der Waals surface area contributed by atoms with Crippen molar-refractivity contribution in [1.82, 2.24) is 15.0 Å². The first-order valence-electron chi connectivity index (χ1n) is 7.13. The van der Waals surface area contributed by atoms with E-state index in [1.54, 1.807) is 18.4 Å². The Morgan fingerprint density at radius 2 is 1.96 bits per heavy atom. The van der Waals surface area contributed by atoms with Crippen molar-refractivity contribution in [2.24, 2.45) is 0 Å². The Morgan fingerprint density at radius 3 is 2.70 bits per heavy atom. The van der Waals surface area contributed by atoms with Gasteiger partial charge in [-0.05, 0) is 41.8 Å². The van der Waals surface area contributed by atoms with Crippen molar-refractivity contribution in [3.8, 4) is 16.3 Å². The van der Waals surface area contributed by atoms with Gasteiger partial charge in [0.2, 0.25) is 5.95 Å². The molecule has 2 N–H and O–H groups in total. The fourth-order valence-electron chi connectivity index (χ4n) is 2.40.